The second-order valence-electron chi connectivity index (χ2n) is 13.7. The minimum absolute atomic E-state index is 0.896. The van der Waals surface area contributed by atoms with Gasteiger partial charge in [-0.3, -0.25) is 0 Å². The molecule has 4 nitrogen and oxygen atoms in total. The van der Waals surface area contributed by atoms with Gasteiger partial charge in [0.15, 0.2) is 0 Å². The summed E-state index contributed by atoms with van der Waals surface area (Å²) in [5, 5.41) is 9.78. The van der Waals surface area contributed by atoms with Crippen LogP contribution in [0.4, 0.5) is 0 Å². The van der Waals surface area contributed by atoms with E-state index in [1.807, 2.05) is 12.1 Å². The summed E-state index contributed by atoms with van der Waals surface area (Å²) in [4.78, 5) is 0. The molecule has 242 valence electrons. The Morgan fingerprint density at radius 3 is 1.25 bits per heavy atom. The van der Waals surface area contributed by atoms with Gasteiger partial charge in [0.1, 0.15) is 11.2 Å². The predicted octanol–water partition coefficient (Wildman–Crippen LogP) is 12.9. The van der Waals surface area contributed by atoms with Crippen molar-refractivity contribution in [2.45, 2.75) is 0 Å². The average molecular weight is 664 g/mol. The lowest BCUT2D eigenvalue weighted by Crippen LogP contribution is -1.95. The lowest BCUT2D eigenvalue weighted by Gasteiger charge is -2.10. The Kier molecular flexibility index (Phi) is 5.47. The van der Waals surface area contributed by atoms with Gasteiger partial charge in [-0.2, -0.15) is 0 Å². The molecule has 0 N–H and O–H groups in total. The largest absolute Gasteiger partial charge is 0.456 e. The first-order valence-corrected chi connectivity index (χ1v) is 17.8. The molecule has 4 heterocycles. The highest BCUT2D eigenvalue weighted by molar-refractivity contribution is 6.36. The molecule has 4 heteroatoms. The maximum atomic E-state index is 6.29. The molecular formula is C48H29N3O. The third-order valence-corrected chi connectivity index (χ3v) is 11.0. The van der Waals surface area contributed by atoms with Crippen molar-refractivity contribution in [1.29, 1.82) is 0 Å². The summed E-state index contributed by atoms with van der Waals surface area (Å²) in [6, 6.07) is 63.4. The maximum Gasteiger partial charge on any atom is 0.135 e. The molecule has 0 atom stereocenters. The zero-order chi connectivity index (χ0) is 33.9. The minimum atomic E-state index is 0.896. The standard InChI is InChI=1S/C48H29N3O/c1-3-13-30(14-4-1)49-37-20-10-7-18-34(37)45-39(49)24-26-41-47(45)48-42(51(41)32-23-28-44-36(29-32)33-17-9-12-22-43(33)52-44)27-25-40-46(48)35-19-8-11-21-38(35)50(40)31-15-5-2-6-16-31/h1-29H. The van der Waals surface area contributed by atoms with E-state index in [9.17, 15) is 0 Å². The predicted molar refractivity (Wildman–Crippen MR) is 217 cm³/mol. The van der Waals surface area contributed by atoms with Gasteiger partial charge in [0.05, 0.1) is 33.1 Å². The number of hydrogen-bond acceptors (Lipinski definition) is 1. The van der Waals surface area contributed by atoms with Crippen LogP contribution in [0.15, 0.2) is 180 Å². The molecule has 0 aliphatic heterocycles. The van der Waals surface area contributed by atoms with Gasteiger partial charge in [-0.1, -0.05) is 91.0 Å². The van der Waals surface area contributed by atoms with Crippen molar-refractivity contribution in [1.82, 2.24) is 13.7 Å². The van der Waals surface area contributed by atoms with E-state index >= 15 is 0 Å². The normalized spacial score (nSPS) is 12.2. The van der Waals surface area contributed by atoms with Gasteiger partial charge in [-0.25, -0.2) is 0 Å². The third-order valence-electron chi connectivity index (χ3n) is 11.0. The van der Waals surface area contributed by atoms with Crippen molar-refractivity contribution in [3.8, 4) is 17.1 Å². The fraction of sp³-hybridized carbons (Fsp3) is 0. The summed E-state index contributed by atoms with van der Waals surface area (Å²) in [5.74, 6) is 0. The Hall–Kier alpha value is -7.04. The van der Waals surface area contributed by atoms with E-state index in [-0.39, 0.29) is 0 Å². The van der Waals surface area contributed by atoms with Crippen LogP contribution in [0.3, 0.4) is 0 Å². The van der Waals surface area contributed by atoms with Crippen LogP contribution < -0.4 is 0 Å². The molecule has 0 unspecified atom stereocenters. The van der Waals surface area contributed by atoms with Gasteiger partial charge < -0.3 is 18.1 Å². The van der Waals surface area contributed by atoms with Gasteiger partial charge in [-0.05, 0) is 84.9 Å². The Balaban J connectivity index is 1.33. The Labute approximate surface area is 297 Å². The maximum absolute atomic E-state index is 6.29. The number of para-hydroxylation sites is 5. The molecule has 0 saturated heterocycles. The number of aromatic nitrogens is 3. The first-order valence-electron chi connectivity index (χ1n) is 17.8. The summed E-state index contributed by atoms with van der Waals surface area (Å²) < 4.78 is 13.6. The number of fused-ring (bicyclic) bond motifs is 14. The van der Waals surface area contributed by atoms with Crippen molar-refractivity contribution in [2.24, 2.45) is 0 Å². The van der Waals surface area contributed by atoms with E-state index in [0.29, 0.717) is 0 Å². The first kappa shape index (κ1) is 27.7. The van der Waals surface area contributed by atoms with Crippen LogP contribution >= 0.6 is 0 Å². The van der Waals surface area contributed by atoms with E-state index < -0.39 is 0 Å². The minimum Gasteiger partial charge on any atom is -0.456 e. The van der Waals surface area contributed by atoms with E-state index in [1.165, 1.54) is 65.4 Å². The molecular weight excluding hydrogens is 635 g/mol. The van der Waals surface area contributed by atoms with Gasteiger partial charge in [-0.15, -0.1) is 0 Å². The van der Waals surface area contributed by atoms with E-state index in [1.54, 1.807) is 0 Å². The van der Waals surface area contributed by atoms with Crippen LogP contribution in [-0.4, -0.2) is 13.7 Å². The van der Waals surface area contributed by atoms with Crippen LogP contribution in [0, 0.1) is 0 Å². The summed E-state index contributed by atoms with van der Waals surface area (Å²) in [5.41, 5.74) is 12.3. The molecule has 0 fully saturated rings. The zero-order valence-electron chi connectivity index (χ0n) is 28.0. The Bertz CT molecular complexity index is 3220. The highest BCUT2D eigenvalue weighted by Gasteiger charge is 2.25. The van der Waals surface area contributed by atoms with E-state index in [2.05, 4.69) is 177 Å². The smallest absolute Gasteiger partial charge is 0.135 e. The van der Waals surface area contributed by atoms with Crippen LogP contribution in [0.5, 0.6) is 0 Å². The summed E-state index contributed by atoms with van der Waals surface area (Å²) >= 11 is 0. The number of nitrogens with zero attached hydrogens (tertiary/aromatic N) is 3. The second-order valence-corrected chi connectivity index (χ2v) is 13.7. The lowest BCUT2D eigenvalue weighted by molar-refractivity contribution is 0.669. The van der Waals surface area contributed by atoms with Crippen LogP contribution in [0.1, 0.15) is 0 Å². The Morgan fingerprint density at radius 2 is 0.692 bits per heavy atom. The summed E-state index contributed by atoms with van der Waals surface area (Å²) in [6.07, 6.45) is 0. The molecule has 0 bridgehead atoms. The fourth-order valence-electron chi connectivity index (χ4n) is 8.95. The molecule has 12 rings (SSSR count). The van der Waals surface area contributed by atoms with E-state index in [4.69, 9.17) is 4.42 Å². The third kappa shape index (κ3) is 3.60. The molecule has 52 heavy (non-hydrogen) atoms. The summed E-state index contributed by atoms with van der Waals surface area (Å²) in [7, 11) is 0. The highest BCUT2D eigenvalue weighted by atomic mass is 16.3. The monoisotopic (exact) mass is 663 g/mol. The second kappa shape index (κ2) is 10.3. The van der Waals surface area contributed by atoms with E-state index in [0.717, 1.165) is 39.0 Å². The number of hydrogen-bond donors (Lipinski definition) is 0. The SMILES string of the molecule is c1ccc(-n2c3ccccc3c3c4c5c6c7ccccc7n(-c7ccccc7)c6ccc5n(-c5ccc6oc7ccccc7c6c5)c4ccc32)cc1. The highest BCUT2D eigenvalue weighted by Crippen LogP contribution is 2.47. The quantitative estimate of drug-likeness (QED) is 0.185. The number of furan rings is 1. The Morgan fingerprint density at radius 1 is 0.269 bits per heavy atom. The van der Waals surface area contributed by atoms with Crippen molar-refractivity contribution < 1.29 is 4.42 Å². The van der Waals surface area contributed by atoms with Gasteiger partial charge in [0, 0.05) is 60.2 Å². The lowest BCUT2D eigenvalue weighted by atomic mass is 10.0. The van der Waals surface area contributed by atoms with Crippen LogP contribution in [-0.2, 0) is 0 Å². The van der Waals surface area contributed by atoms with Crippen molar-refractivity contribution in [3.05, 3.63) is 176 Å². The van der Waals surface area contributed by atoms with Crippen molar-refractivity contribution in [2.75, 3.05) is 0 Å². The zero-order valence-corrected chi connectivity index (χ0v) is 28.0. The van der Waals surface area contributed by atoms with Gasteiger partial charge >= 0.3 is 0 Å². The molecule has 0 radical (unpaired) electrons. The first-order chi connectivity index (χ1) is 25.8. The molecule has 0 aliphatic carbocycles. The molecule has 0 saturated carbocycles. The van der Waals surface area contributed by atoms with Gasteiger partial charge in [0.2, 0.25) is 0 Å². The topological polar surface area (TPSA) is 27.9 Å². The van der Waals surface area contributed by atoms with Crippen LogP contribution in [0.25, 0.3) is 104 Å². The number of benzene rings is 8. The molecule has 0 aliphatic rings. The molecule has 4 aromatic heterocycles. The van der Waals surface area contributed by atoms with Crippen molar-refractivity contribution in [3.63, 3.8) is 0 Å². The number of rotatable bonds is 3. The van der Waals surface area contributed by atoms with Crippen LogP contribution in [0.2, 0.25) is 0 Å². The molecule has 8 aromatic carbocycles. The summed E-state index contributed by atoms with van der Waals surface area (Å²) in [6.45, 7) is 0. The molecule has 0 amide bonds. The fourth-order valence-corrected chi connectivity index (χ4v) is 8.95. The average Bonchev–Trinajstić information content (AvgIpc) is 3.94. The molecule has 12 aromatic rings. The van der Waals surface area contributed by atoms with Crippen molar-refractivity contribution >= 4 is 87.4 Å². The van der Waals surface area contributed by atoms with Gasteiger partial charge in [0.25, 0.3) is 0 Å². The molecule has 0 spiro atoms.